The molecule has 32 heavy (non-hydrogen) atoms. The van der Waals surface area contributed by atoms with Gasteiger partial charge in [0.25, 0.3) is 0 Å². The van der Waals surface area contributed by atoms with Gasteiger partial charge in [-0.1, -0.05) is 26.2 Å². The SMILES string of the molecule is C[C@H]1CC(CC(=O)CC2(O)CCCCC2)CN(c2ccc(C(F)(F)F)c3ncccc23)C1. The Morgan fingerprint density at radius 2 is 1.94 bits per heavy atom. The highest BCUT2D eigenvalue weighted by atomic mass is 19.4. The van der Waals surface area contributed by atoms with E-state index < -0.39 is 17.3 Å². The van der Waals surface area contributed by atoms with E-state index in [1.807, 2.05) is 0 Å². The number of alkyl halides is 3. The van der Waals surface area contributed by atoms with E-state index in [9.17, 15) is 23.1 Å². The quantitative estimate of drug-likeness (QED) is 0.632. The van der Waals surface area contributed by atoms with Gasteiger partial charge in [-0.15, -0.1) is 0 Å². The van der Waals surface area contributed by atoms with Crippen LogP contribution in [0.4, 0.5) is 18.9 Å². The van der Waals surface area contributed by atoms with Crippen LogP contribution in [0.15, 0.2) is 30.5 Å². The highest BCUT2D eigenvalue weighted by Gasteiger charge is 2.36. The first-order valence-electron chi connectivity index (χ1n) is 11.6. The molecule has 1 aromatic heterocycles. The Hall–Kier alpha value is -2.15. The third-order valence-electron chi connectivity index (χ3n) is 6.97. The number of aromatic nitrogens is 1. The Morgan fingerprint density at radius 1 is 1.19 bits per heavy atom. The third-order valence-corrected chi connectivity index (χ3v) is 6.97. The van der Waals surface area contributed by atoms with E-state index in [0.29, 0.717) is 37.1 Å². The molecule has 1 aromatic carbocycles. The zero-order valence-corrected chi connectivity index (χ0v) is 18.5. The topological polar surface area (TPSA) is 53.4 Å². The number of benzene rings is 1. The number of anilines is 1. The number of Topliss-reactive ketones (excluding diaryl/α,β-unsaturated/α-hetero) is 1. The maximum absolute atomic E-state index is 13.5. The van der Waals surface area contributed by atoms with Crippen molar-refractivity contribution < 1.29 is 23.1 Å². The fourth-order valence-corrected chi connectivity index (χ4v) is 5.64. The molecule has 2 heterocycles. The molecule has 1 saturated carbocycles. The van der Waals surface area contributed by atoms with Crippen LogP contribution in [-0.2, 0) is 11.0 Å². The molecule has 1 saturated heterocycles. The average Bonchev–Trinajstić information content (AvgIpc) is 2.71. The number of ketones is 1. The van der Waals surface area contributed by atoms with Crippen molar-refractivity contribution in [2.45, 2.75) is 70.1 Å². The molecule has 1 aliphatic carbocycles. The van der Waals surface area contributed by atoms with Crippen LogP contribution < -0.4 is 4.90 Å². The van der Waals surface area contributed by atoms with Crippen molar-refractivity contribution in [3.8, 4) is 0 Å². The summed E-state index contributed by atoms with van der Waals surface area (Å²) in [6, 6.07) is 5.99. The molecule has 0 amide bonds. The second-order valence-corrected chi connectivity index (χ2v) is 9.85. The lowest BCUT2D eigenvalue weighted by molar-refractivity contribution is -0.136. The van der Waals surface area contributed by atoms with Gasteiger partial charge in [-0.3, -0.25) is 9.78 Å². The summed E-state index contributed by atoms with van der Waals surface area (Å²) in [4.78, 5) is 18.9. The molecule has 1 N–H and O–H groups in total. The predicted molar refractivity (Wildman–Crippen MR) is 119 cm³/mol. The summed E-state index contributed by atoms with van der Waals surface area (Å²) in [6.07, 6.45) is 2.86. The lowest BCUT2D eigenvalue weighted by Gasteiger charge is -2.39. The monoisotopic (exact) mass is 448 g/mol. The molecule has 0 radical (unpaired) electrons. The number of hydrogen-bond donors (Lipinski definition) is 1. The van der Waals surface area contributed by atoms with Gasteiger partial charge in [0.1, 0.15) is 5.78 Å². The Morgan fingerprint density at radius 3 is 2.66 bits per heavy atom. The number of fused-ring (bicyclic) bond motifs is 1. The lowest BCUT2D eigenvalue weighted by Crippen LogP contribution is -2.41. The van der Waals surface area contributed by atoms with Crippen LogP contribution in [0, 0.1) is 11.8 Å². The largest absolute Gasteiger partial charge is 0.418 e. The minimum atomic E-state index is -4.46. The summed E-state index contributed by atoms with van der Waals surface area (Å²) >= 11 is 0. The zero-order valence-electron chi connectivity index (χ0n) is 18.5. The Labute approximate surface area is 186 Å². The number of carbonyl (C=O) groups is 1. The van der Waals surface area contributed by atoms with Gasteiger partial charge in [0, 0.05) is 43.2 Å². The summed E-state index contributed by atoms with van der Waals surface area (Å²) in [7, 11) is 0. The third kappa shape index (κ3) is 5.08. The molecule has 1 aliphatic heterocycles. The highest BCUT2D eigenvalue weighted by Crippen LogP contribution is 2.39. The van der Waals surface area contributed by atoms with E-state index in [0.717, 1.165) is 44.0 Å². The maximum Gasteiger partial charge on any atom is 0.418 e. The molecule has 2 aromatic rings. The van der Waals surface area contributed by atoms with E-state index in [2.05, 4.69) is 16.8 Å². The highest BCUT2D eigenvalue weighted by molar-refractivity contribution is 5.94. The van der Waals surface area contributed by atoms with Gasteiger partial charge in [-0.25, -0.2) is 0 Å². The van der Waals surface area contributed by atoms with Gasteiger partial charge in [0.15, 0.2) is 0 Å². The second kappa shape index (κ2) is 9.00. The standard InChI is InChI=1S/C25H31F3N2O2/c1-17-12-18(13-19(31)14-24(32)9-3-2-4-10-24)16-30(15-17)22-8-7-21(25(26,27)28)23-20(22)6-5-11-29-23/h5-8,11,17-18,32H,2-4,9-10,12-16H2,1H3/t17-,18?/m0/s1. The van der Waals surface area contributed by atoms with E-state index in [1.165, 1.54) is 12.3 Å². The lowest BCUT2D eigenvalue weighted by atomic mass is 9.79. The molecule has 174 valence electrons. The summed E-state index contributed by atoms with van der Waals surface area (Å²) < 4.78 is 40.4. The van der Waals surface area contributed by atoms with E-state index in [4.69, 9.17) is 0 Å². The Kier molecular flexibility index (Phi) is 6.48. The Bertz CT molecular complexity index is 969. The summed E-state index contributed by atoms with van der Waals surface area (Å²) in [6.45, 7) is 3.46. The van der Waals surface area contributed by atoms with Crippen molar-refractivity contribution in [1.29, 1.82) is 0 Å². The molecule has 0 bridgehead atoms. The fourth-order valence-electron chi connectivity index (χ4n) is 5.64. The van der Waals surface area contributed by atoms with Gasteiger partial charge < -0.3 is 10.0 Å². The second-order valence-electron chi connectivity index (χ2n) is 9.85. The van der Waals surface area contributed by atoms with Crippen LogP contribution in [-0.4, -0.2) is 34.6 Å². The minimum Gasteiger partial charge on any atom is -0.389 e. The van der Waals surface area contributed by atoms with E-state index in [1.54, 1.807) is 12.1 Å². The van der Waals surface area contributed by atoms with Crippen LogP contribution in [0.25, 0.3) is 10.9 Å². The van der Waals surface area contributed by atoms with Crippen molar-refractivity contribution in [3.05, 3.63) is 36.0 Å². The molecule has 2 fully saturated rings. The first kappa shape index (κ1) is 23.0. The van der Waals surface area contributed by atoms with Gasteiger partial charge in [0.05, 0.1) is 16.7 Å². The zero-order chi connectivity index (χ0) is 22.9. The molecule has 4 rings (SSSR count). The van der Waals surface area contributed by atoms with Crippen LogP contribution in [0.5, 0.6) is 0 Å². The normalized spacial score (nSPS) is 24.0. The van der Waals surface area contributed by atoms with Crippen LogP contribution >= 0.6 is 0 Å². The number of nitrogens with zero attached hydrogens (tertiary/aromatic N) is 2. The van der Waals surface area contributed by atoms with Crippen LogP contribution in [0.3, 0.4) is 0 Å². The van der Waals surface area contributed by atoms with Gasteiger partial charge in [-0.05, 0) is 55.4 Å². The van der Waals surface area contributed by atoms with Gasteiger partial charge in [0.2, 0.25) is 0 Å². The van der Waals surface area contributed by atoms with Crippen LogP contribution in [0.1, 0.15) is 63.9 Å². The summed E-state index contributed by atoms with van der Waals surface area (Å²) in [5.74, 6) is 0.521. The molecule has 2 aliphatic rings. The minimum absolute atomic E-state index is 0.0390. The van der Waals surface area contributed by atoms with Crippen molar-refractivity contribution in [1.82, 2.24) is 4.98 Å². The molecule has 0 spiro atoms. The Balaban J connectivity index is 1.52. The van der Waals surface area contributed by atoms with Crippen molar-refractivity contribution in [2.75, 3.05) is 18.0 Å². The van der Waals surface area contributed by atoms with Crippen molar-refractivity contribution in [2.24, 2.45) is 11.8 Å². The number of hydrogen-bond acceptors (Lipinski definition) is 4. The molecule has 1 unspecified atom stereocenters. The van der Waals surface area contributed by atoms with E-state index >= 15 is 0 Å². The fraction of sp³-hybridized carbons (Fsp3) is 0.600. The number of carbonyl (C=O) groups excluding carboxylic acids is 1. The summed E-state index contributed by atoms with van der Waals surface area (Å²) in [5.41, 5.74) is -0.891. The molecule has 2 atom stereocenters. The molecular weight excluding hydrogens is 417 g/mol. The smallest absolute Gasteiger partial charge is 0.389 e. The average molecular weight is 449 g/mol. The molecule has 4 nitrogen and oxygen atoms in total. The number of pyridine rings is 1. The van der Waals surface area contributed by atoms with E-state index in [-0.39, 0.29) is 23.6 Å². The first-order valence-corrected chi connectivity index (χ1v) is 11.6. The number of halogens is 3. The predicted octanol–water partition coefficient (Wildman–Crippen LogP) is 5.76. The molecular formula is C25H31F3N2O2. The van der Waals surface area contributed by atoms with Crippen LogP contribution in [0.2, 0.25) is 0 Å². The summed E-state index contributed by atoms with van der Waals surface area (Å²) in [5, 5.41) is 11.2. The van der Waals surface area contributed by atoms with Crippen molar-refractivity contribution >= 4 is 22.4 Å². The number of rotatable bonds is 5. The molecule has 7 heteroatoms. The number of piperidine rings is 1. The van der Waals surface area contributed by atoms with Gasteiger partial charge in [-0.2, -0.15) is 13.2 Å². The number of aliphatic hydroxyl groups is 1. The maximum atomic E-state index is 13.5. The first-order chi connectivity index (χ1) is 15.1. The van der Waals surface area contributed by atoms with Gasteiger partial charge >= 0.3 is 6.18 Å². The van der Waals surface area contributed by atoms with Crippen molar-refractivity contribution in [3.63, 3.8) is 0 Å².